The van der Waals surface area contributed by atoms with Gasteiger partial charge in [0.1, 0.15) is 16.6 Å². The maximum atomic E-state index is 11.9. The third-order valence-electron chi connectivity index (χ3n) is 2.25. The van der Waals surface area contributed by atoms with E-state index in [0.29, 0.717) is 11.4 Å². The van der Waals surface area contributed by atoms with Gasteiger partial charge in [-0.05, 0) is 34.1 Å². The van der Waals surface area contributed by atoms with Gasteiger partial charge in [0.25, 0.3) is 5.91 Å². The first kappa shape index (κ1) is 13.8. The van der Waals surface area contributed by atoms with E-state index in [0.717, 1.165) is 4.47 Å². The zero-order chi connectivity index (χ0) is 13.8. The Balaban J connectivity index is 2.17. The first-order valence-electron chi connectivity index (χ1n) is 5.22. The summed E-state index contributed by atoms with van der Waals surface area (Å²) >= 11 is 9.02. The topological polar surface area (TPSA) is 64.1 Å². The van der Waals surface area contributed by atoms with Gasteiger partial charge in [0.05, 0.1) is 24.0 Å². The van der Waals surface area contributed by atoms with Crippen LogP contribution in [-0.4, -0.2) is 23.0 Å². The van der Waals surface area contributed by atoms with Gasteiger partial charge in [-0.15, -0.1) is 0 Å². The number of methoxy groups -OCH3 is 1. The molecule has 0 aliphatic rings. The van der Waals surface area contributed by atoms with Crippen LogP contribution in [0.2, 0.25) is 5.15 Å². The van der Waals surface area contributed by atoms with E-state index < -0.39 is 0 Å². The normalized spacial score (nSPS) is 10.1. The highest BCUT2D eigenvalue weighted by Gasteiger charge is 2.10. The minimum absolute atomic E-state index is 0.152. The van der Waals surface area contributed by atoms with Crippen molar-refractivity contribution in [1.29, 1.82) is 0 Å². The molecule has 0 radical (unpaired) electrons. The quantitative estimate of drug-likeness (QED) is 0.930. The number of ether oxygens (including phenoxy) is 1. The van der Waals surface area contributed by atoms with E-state index in [1.165, 1.54) is 12.4 Å². The van der Waals surface area contributed by atoms with Gasteiger partial charge in [-0.2, -0.15) is 0 Å². The number of benzene rings is 1. The summed E-state index contributed by atoms with van der Waals surface area (Å²) in [5.41, 5.74) is 0.763. The Morgan fingerprint density at radius 3 is 2.84 bits per heavy atom. The van der Waals surface area contributed by atoms with E-state index in [-0.39, 0.29) is 16.8 Å². The second-order valence-corrected chi connectivity index (χ2v) is 4.77. The number of carbonyl (C=O) groups is 1. The van der Waals surface area contributed by atoms with Crippen LogP contribution in [0, 0.1) is 0 Å². The maximum absolute atomic E-state index is 11.9. The van der Waals surface area contributed by atoms with Crippen LogP contribution in [-0.2, 0) is 0 Å². The van der Waals surface area contributed by atoms with Gasteiger partial charge >= 0.3 is 0 Å². The van der Waals surface area contributed by atoms with Gasteiger partial charge in [-0.3, -0.25) is 9.78 Å². The molecule has 2 aromatic rings. The largest absolute Gasteiger partial charge is 0.496 e. The number of nitrogens with zero attached hydrogens (tertiary/aromatic N) is 2. The third kappa shape index (κ3) is 3.42. The zero-order valence-corrected chi connectivity index (χ0v) is 12.2. The van der Waals surface area contributed by atoms with Gasteiger partial charge in [-0.25, -0.2) is 4.98 Å². The lowest BCUT2D eigenvalue weighted by Gasteiger charge is -2.07. The van der Waals surface area contributed by atoms with Crippen LogP contribution in [0.1, 0.15) is 10.5 Å². The first-order chi connectivity index (χ1) is 9.10. The van der Waals surface area contributed by atoms with Crippen molar-refractivity contribution in [2.45, 2.75) is 0 Å². The van der Waals surface area contributed by atoms with Crippen LogP contribution >= 0.6 is 27.5 Å². The number of carbonyl (C=O) groups excluding carboxylic acids is 1. The summed E-state index contributed by atoms with van der Waals surface area (Å²) in [7, 11) is 1.57. The van der Waals surface area contributed by atoms with Crippen LogP contribution in [0.4, 0.5) is 5.69 Å². The number of hydrogen-bond donors (Lipinski definition) is 1. The third-order valence-corrected chi connectivity index (χ3v) is 3.05. The van der Waals surface area contributed by atoms with Gasteiger partial charge in [-0.1, -0.05) is 11.6 Å². The molecule has 1 aromatic heterocycles. The van der Waals surface area contributed by atoms with Gasteiger partial charge in [0, 0.05) is 5.69 Å². The van der Waals surface area contributed by atoms with E-state index in [1.54, 1.807) is 25.3 Å². The van der Waals surface area contributed by atoms with Gasteiger partial charge < -0.3 is 10.1 Å². The molecule has 0 fully saturated rings. The molecular weight excluding hydrogens is 334 g/mol. The number of rotatable bonds is 3. The molecule has 0 saturated carbocycles. The van der Waals surface area contributed by atoms with Crippen LogP contribution in [0.3, 0.4) is 0 Å². The Morgan fingerprint density at radius 2 is 2.21 bits per heavy atom. The lowest BCUT2D eigenvalue weighted by Crippen LogP contribution is -2.14. The highest BCUT2D eigenvalue weighted by Crippen LogP contribution is 2.27. The highest BCUT2D eigenvalue weighted by molar-refractivity contribution is 9.10. The molecule has 5 nitrogen and oxygen atoms in total. The molecule has 1 N–H and O–H groups in total. The number of nitrogens with one attached hydrogen (secondary N) is 1. The van der Waals surface area contributed by atoms with Crippen LogP contribution in [0.15, 0.2) is 35.1 Å². The van der Waals surface area contributed by atoms with E-state index in [9.17, 15) is 4.79 Å². The maximum Gasteiger partial charge on any atom is 0.275 e. The van der Waals surface area contributed by atoms with Crippen molar-refractivity contribution < 1.29 is 9.53 Å². The Morgan fingerprint density at radius 1 is 1.42 bits per heavy atom. The summed E-state index contributed by atoms with van der Waals surface area (Å²) in [6, 6.07) is 5.19. The molecule has 2 rings (SSSR count). The van der Waals surface area contributed by atoms with Crippen molar-refractivity contribution in [2.75, 3.05) is 12.4 Å². The highest BCUT2D eigenvalue weighted by atomic mass is 79.9. The molecular formula is C12H9BrClN3O2. The summed E-state index contributed by atoms with van der Waals surface area (Å²) in [4.78, 5) is 19.6. The van der Waals surface area contributed by atoms with E-state index in [2.05, 4.69) is 31.2 Å². The molecule has 1 amide bonds. The Kier molecular flexibility index (Phi) is 4.34. The summed E-state index contributed by atoms with van der Waals surface area (Å²) in [6.07, 6.45) is 2.71. The fourth-order valence-electron chi connectivity index (χ4n) is 1.39. The van der Waals surface area contributed by atoms with Gasteiger partial charge in [0.15, 0.2) is 0 Å². The van der Waals surface area contributed by atoms with Gasteiger partial charge in [0.2, 0.25) is 0 Å². The van der Waals surface area contributed by atoms with Crippen LogP contribution in [0.25, 0.3) is 0 Å². The molecule has 1 heterocycles. The smallest absolute Gasteiger partial charge is 0.275 e. The summed E-state index contributed by atoms with van der Waals surface area (Å²) < 4.78 is 5.85. The van der Waals surface area contributed by atoms with E-state index in [4.69, 9.17) is 16.3 Å². The number of amides is 1. The average molecular weight is 343 g/mol. The number of hydrogen-bond acceptors (Lipinski definition) is 4. The monoisotopic (exact) mass is 341 g/mol. The second-order valence-electron chi connectivity index (χ2n) is 3.53. The van der Waals surface area contributed by atoms with Crippen molar-refractivity contribution >= 4 is 39.1 Å². The average Bonchev–Trinajstić information content (AvgIpc) is 2.39. The molecule has 0 aliphatic carbocycles. The predicted molar refractivity (Wildman–Crippen MR) is 75.7 cm³/mol. The molecule has 0 aliphatic heterocycles. The van der Waals surface area contributed by atoms with Crippen molar-refractivity contribution in [3.8, 4) is 5.75 Å². The summed E-state index contributed by atoms with van der Waals surface area (Å²) in [5.74, 6) is 0.299. The fourth-order valence-corrected chi connectivity index (χ4v) is 2.08. The SMILES string of the molecule is COc1ccc(NC(=O)c2cncc(Cl)n2)cc1Br. The molecule has 0 unspecified atom stereocenters. The summed E-state index contributed by atoms with van der Waals surface area (Å²) in [6.45, 7) is 0. The van der Waals surface area contributed by atoms with Crippen molar-refractivity contribution in [3.63, 3.8) is 0 Å². The summed E-state index contributed by atoms with van der Waals surface area (Å²) in [5, 5.41) is 2.86. The molecule has 98 valence electrons. The van der Waals surface area contributed by atoms with E-state index >= 15 is 0 Å². The van der Waals surface area contributed by atoms with Crippen molar-refractivity contribution in [1.82, 2.24) is 9.97 Å². The van der Waals surface area contributed by atoms with Crippen molar-refractivity contribution in [3.05, 3.63) is 45.9 Å². The Bertz CT molecular complexity index is 622. The molecule has 0 bridgehead atoms. The molecule has 0 saturated heterocycles. The van der Waals surface area contributed by atoms with Crippen molar-refractivity contribution in [2.24, 2.45) is 0 Å². The minimum atomic E-state index is -0.382. The lowest BCUT2D eigenvalue weighted by molar-refractivity contribution is 0.102. The van der Waals surface area contributed by atoms with Crippen LogP contribution < -0.4 is 10.1 Å². The van der Waals surface area contributed by atoms with E-state index in [1.807, 2.05) is 0 Å². The number of halogens is 2. The Labute approximate surface area is 123 Å². The lowest BCUT2D eigenvalue weighted by atomic mass is 10.3. The number of aromatic nitrogens is 2. The standard InChI is InChI=1S/C12H9BrClN3O2/c1-19-10-3-2-7(4-8(10)13)16-12(18)9-5-15-6-11(14)17-9/h2-6H,1H3,(H,16,18). The number of anilines is 1. The molecule has 19 heavy (non-hydrogen) atoms. The fraction of sp³-hybridized carbons (Fsp3) is 0.0833. The first-order valence-corrected chi connectivity index (χ1v) is 6.39. The predicted octanol–water partition coefficient (Wildman–Crippen LogP) is 3.15. The second kappa shape index (κ2) is 5.99. The minimum Gasteiger partial charge on any atom is -0.496 e. The molecule has 7 heteroatoms. The Hall–Kier alpha value is -1.66. The molecule has 0 atom stereocenters. The van der Waals surface area contributed by atoms with Crippen LogP contribution in [0.5, 0.6) is 5.75 Å². The zero-order valence-electron chi connectivity index (χ0n) is 9.85. The molecule has 1 aromatic carbocycles. The molecule has 0 spiro atoms.